The Balaban J connectivity index is 2.20. The Bertz CT molecular complexity index is 591. The predicted octanol–water partition coefficient (Wildman–Crippen LogP) is 3.06. The highest BCUT2D eigenvalue weighted by Gasteiger charge is 1.99. The van der Waals surface area contributed by atoms with Crippen LogP contribution in [0.3, 0.4) is 0 Å². The van der Waals surface area contributed by atoms with Gasteiger partial charge in [-0.15, -0.1) is 0 Å². The monoisotopic (exact) mass is 224 g/mol. The molecule has 2 aromatic carbocycles. The Morgan fingerprint density at radius 3 is 2.47 bits per heavy atom. The van der Waals surface area contributed by atoms with E-state index in [1.54, 1.807) is 36.4 Å². The largest absolute Gasteiger partial charge is 0.279 e. The van der Waals surface area contributed by atoms with Crippen LogP contribution >= 0.6 is 0 Å². The first-order valence-corrected chi connectivity index (χ1v) is 5.13. The van der Waals surface area contributed by atoms with Crippen LogP contribution in [0.25, 0.3) is 0 Å². The quantitative estimate of drug-likeness (QED) is 0.537. The molecule has 0 spiro atoms. The van der Waals surface area contributed by atoms with Crippen LogP contribution < -0.4 is 0 Å². The van der Waals surface area contributed by atoms with Gasteiger partial charge in [-0.3, -0.25) is 4.79 Å². The van der Waals surface area contributed by atoms with Crippen molar-refractivity contribution >= 4 is 5.78 Å². The van der Waals surface area contributed by atoms with Gasteiger partial charge in [0.1, 0.15) is 5.82 Å². The topological polar surface area (TPSA) is 17.1 Å². The number of rotatable bonds is 1. The van der Waals surface area contributed by atoms with E-state index in [0.717, 1.165) is 0 Å². The smallest absolute Gasteiger partial charge is 0.236 e. The minimum Gasteiger partial charge on any atom is -0.279 e. The predicted molar refractivity (Wildman–Crippen MR) is 64.1 cm³/mol. The van der Waals surface area contributed by atoms with Crippen molar-refractivity contribution in [1.82, 2.24) is 0 Å². The Labute approximate surface area is 98.9 Å². The molecule has 82 valence electrons. The van der Waals surface area contributed by atoms with Crippen LogP contribution in [-0.2, 0) is 0 Å². The molecule has 0 heterocycles. The van der Waals surface area contributed by atoms with Gasteiger partial charge in [-0.05, 0) is 24.1 Å². The Morgan fingerprint density at radius 1 is 1.00 bits per heavy atom. The van der Waals surface area contributed by atoms with E-state index in [-0.39, 0.29) is 11.6 Å². The Hall–Kier alpha value is -2.40. The molecule has 2 heteroatoms. The third-order valence-electron chi connectivity index (χ3n) is 2.18. The van der Waals surface area contributed by atoms with Crippen molar-refractivity contribution < 1.29 is 9.18 Å². The molecule has 0 bridgehead atoms. The highest BCUT2D eigenvalue weighted by atomic mass is 19.1. The Morgan fingerprint density at radius 2 is 1.76 bits per heavy atom. The van der Waals surface area contributed by atoms with E-state index in [9.17, 15) is 9.18 Å². The first-order chi connectivity index (χ1) is 8.25. The number of carbonyl (C=O) groups excluding carboxylic acids is 1. The molecular weight excluding hydrogens is 215 g/mol. The first-order valence-electron chi connectivity index (χ1n) is 5.13. The molecule has 0 atom stereocenters. The van der Waals surface area contributed by atoms with Crippen molar-refractivity contribution in [1.29, 1.82) is 0 Å². The second kappa shape index (κ2) is 5.09. The summed E-state index contributed by atoms with van der Waals surface area (Å²) < 4.78 is 12.9. The summed E-state index contributed by atoms with van der Waals surface area (Å²) in [5.41, 5.74) is 1.03. The van der Waals surface area contributed by atoms with Crippen LogP contribution in [0.1, 0.15) is 15.9 Å². The van der Waals surface area contributed by atoms with Gasteiger partial charge in [0.25, 0.3) is 0 Å². The zero-order valence-corrected chi connectivity index (χ0v) is 8.98. The molecular formula is C15H9FO. The molecule has 1 nitrogen and oxygen atoms in total. The summed E-state index contributed by atoms with van der Waals surface area (Å²) in [6.45, 7) is 0. The second-order valence-corrected chi connectivity index (χ2v) is 3.46. The van der Waals surface area contributed by atoms with Crippen molar-refractivity contribution in [3.63, 3.8) is 0 Å². The fourth-order valence-electron chi connectivity index (χ4n) is 1.36. The van der Waals surface area contributed by atoms with Crippen LogP contribution in [0.4, 0.5) is 4.39 Å². The first kappa shape index (κ1) is 11.1. The molecule has 0 radical (unpaired) electrons. The molecule has 0 fully saturated rings. The molecule has 0 unspecified atom stereocenters. The molecule has 0 aromatic heterocycles. The summed E-state index contributed by atoms with van der Waals surface area (Å²) >= 11 is 0. The molecule has 17 heavy (non-hydrogen) atoms. The van der Waals surface area contributed by atoms with Crippen molar-refractivity contribution in [2.45, 2.75) is 0 Å². The number of halogens is 1. The molecule has 0 saturated carbocycles. The van der Waals surface area contributed by atoms with Crippen LogP contribution in [0.2, 0.25) is 0 Å². The summed E-state index contributed by atoms with van der Waals surface area (Å²) in [4.78, 5) is 11.6. The average molecular weight is 224 g/mol. The van der Waals surface area contributed by atoms with E-state index in [1.165, 1.54) is 12.1 Å². The third kappa shape index (κ3) is 3.02. The lowest BCUT2D eigenvalue weighted by Crippen LogP contribution is -1.93. The van der Waals surface area contributed by atoms with Gasteiger partial charge in [-0.25, -0.2) is 4.39 Å². The number of hydrogen-bond donors (Lipinski definition) is 0. The van der Waals surface area contributed by atoms with Crippen molar-refractivity contribution in [2.24, 2.45) is 0 Å². The fraction of sp³-hybridized carbons (Fsp3) is 0. The molecule has 0 amide bonds. The van der Waals surface area contributed by atoms with Crippen molar-refractivity contribution in [2.75, 3.05) is 0 Å². The minimum absolute atomic E-state index is 0.269. The van der Waals surface area contributed by atoms with Crippen LogP contribution in [-0.4, -0.2) is 5.78 Å². The highest BCUT2D eigenvalue weighted by Crippen LogP contribution is 2.02. The molecule has 0 aliphatic heterocycles. The van der Waals surface area contributed by atoms with Crippen molar-refractivity contribution in [3.8, 4) is 11.8 Å². The van der Waals surface area contributed by atoms with Gasteiger partial charge in [0.05, 0.1) is 0 Å². The number of ketones is 1. The number of hydrogen-bond acceptors (Lipinski definition) is 1. The summed E-state index contributed by atoms with van der Waals surface area (Å²) in [7, 11) is 0. The molecule has 0 saturated heterocycles. The van der Waals surface area contributed by atoms with Crippen LogP contribution in [0.15, 0.2) is 54.6 Å². The molecule has 0 aliphatic carbocycles. The molecule has 0 N–H and O–H groups in total. The van der Waals surface area contributed by atoms with Crippen molar-refractivity contribution in [3.05, 3.63) is 71.5 Å². The van der Waals surface area contributed by atoms with Crippen LogP contribution in [0.5, 0.6) is 0 Å². The number of benzene rings is 2. The SMILES string of the molecule is O=C(C#Cc1cccc(F)c1)c1ccccc1. The zero-order chi connectivity index (χ0) is 12.1. The second-order valence-electron chi connectivity index (χ2n) is 3.46. The normalized spacial score (nSPS) is 9.24. The average Bonchev–Trinajstić information content (AvgIpc) is 2.37. The van der Waals surface area contributed by atoms with Gasteiger partial charge >= 0.3 is 0 Å². The standard InChI is InChI=1S/C15H9FO/c16-14-8-4-5-12(11-14)9-10-15(17)13-6-2-1-3-7-13/h1-8,11H. The number of Topliss-reactive ketones (excluding diaryl/α,β-unsaturated/α-hetero) is 1. The lowest BCUT2D eigenvalue weighted by atomic mass is 10.1. The van der Waals surface area contributed by atoms with E-state index in [4.69, 9.17) is 0 Å². The summed E-state index contributed by atoms with van der Waals surface area (Å²) in [6.07, 6.45) is 0. The van der Waals surface area contributed by atoms with E-state index in [2.05, 4.69) is 11.8 Å². The molecule has 0 aliphatic rings. The summed E-state index contributed by atoms with van der Waals surface area (Å²) in [5.74, 6) is 4.50. The van der Waals surface area contributed by atoms with Gasteiger partial charge in [0, 0.05) is 11.1 Å². The van der Waals surface area contributed by atoms with E-state index < -0.39 is 0 Å². The molecule has 2 aromatic rings. The van der Waals surface area contributed by atoms with Gasteiger partial charge < -0.3 is 0 Å². The lowest BCUT2D eigenvalue weighted by molar-refractivity contribution is 0.105. The van der Waals surface area contributed by atoms with E-state index in [1.807, 2.05) is 6.07 Å². The van der Waals surface area contributed by atoms with Gasteiger partial charge in [0.15, 0.2) is 0 Å². The van der Waals surface area contributed by atoms with E-state index in [0.29, 0.717) is 11.1 Å². The van der Waals surface area contributed by atoms with Gasteiger partial charge in [-0.1, -0.05) is 42.3 Å². The third-order valence-corrected chi connectivity index (χ3v) is 2.18. The minimum atomic E-state index is -0.357. The summed E-state index contributed by atoms with van der Waals surface area (Å²) in [6, 6.07) is 14.6. The maximum Gasteiger partial charge on any atom is 0.236 e. The Kier molecular flexibility index (Phi) is 3.32. The maximum absolute atomic E-state index is 12.9. The summed E-state index contributed by atoms with van der Waals surface area (Å²) in [5, 5.41) is 0. The van der Waals surface area contributed by atoms with Gasteiger partial charge in [-0.2, -0.15) is 0 Å². The lowest BCUT2D eigenvalue weighted by Gasteiger charge is -1.91. The van der Waals surface area contributed by atoms with Gasteiger partial charge in [0.2, 0.25) is 5.78 Å². The maximum atomic E-state index is 12.9. The number of carbonyl (C=O) groups is 1. The molecule has 2 rings (SSSR count). The van der Waals surface area contributed by atoms with Crippen LogP contribution in [0, 0.1) is 17.7 Å². The fourth-order valence-corrected chi connectivity index (χ4v) is 1.36. The highest BCUT2D eigenvalue weighted by molar-refractivity contribution is 6.09. The zero-order valence-electron chi connectivity index (χ0n) is 8.98. The van der Waals surface area contributed by atoms with E-state index >= 15 is 0 Å².